The molecule has 0 saturated carbocycles. The number of thioether (sulfide) groups is 1. The number of halogens is 2. The summed E-state index contributed by atoms with van der Waals surface area (Å²) >= 11 is 8.82. The second-order valence-electron chi connectivity index (χ2n) is 7.18. The van der Waals surface area contributed by atoms with Crippen molar-refractivity contribution in [2.75, 3.05) is 7.11 Å². The first-order valence-corrected chi connectivity index (χ1v) is 12.3. The molecule has 0 unspecified atom stereocenters. The van der Waals surface area contributed by atoms with Gasteiger partial charge in [0.05, 0.1) is 27.7 Å². The molecule has 2 amide bonds. The van der Waals surface area contributed by atoms with Gasteiger partial charge < -0.3 is 9.47 Å². The molecule has 1 aliphatic rings. The molecule has 34 heavy (non-hydrogen) atoms. The number of ether oxygens (including phenoxy) is 2. The van der Waals surface area contributed by atoms with Gasteiger partial charge in [-0.1, -0.05) is 41.9 Å². The minimum absolute atomic E-state index is 0.161. The van der Waals surface area contributed by atoms with E-state index in [1.807, 2.05) is 28.7 Å². The molecule has 4 rings (SSSR count). The number of nitrogens with zero attached hydrogens (tertiary/aromatic N) is 1. The van der Waals surface area contributed by atoms with E-state index in [9.17, 15) is 14.4 Å². The van der Waals surface area contributed by atoms with Crippen LogP contribution in [0.3, 0.4) is 0 Å². The molecule has 0 aliphatic carbocycles. The molecule has 0 atom stereocenters. The van der Waals surface area contributed by atoms with Crippen LogP contribution < -0.4 is 9.47 Å². The highest BCUT2D eigenvalue weighted by Crippen LogP contribution is 2.38. The van der Waals surface area contributed by atoms with Gasteiger partial charge in [0, 0.05) is 5.02 Å². The van der Waals surface area contributed by atoms with Crippen LogP contribution in [0, 0.1) is 3.57 Å². The number of benzene rings is 3. The molecule has 0 bridgehead atoms. The Hall–Kier alpha value is -2.82. The quantitative estimate of drug-likeness (QED) is 0.140. The van der Waals surface area contributed by atoms with Crippen LogP contribution in [0.25, 0.3) is 6.08 Å². The fourth-order valence-electron chi connectivity index (χ4n) is 3.21. The highest BCUT2D eigenvalue weighted by molar-refractivity contribution is 14.1. The lowest BCUT2D eigenvalue weighted by molar-refractivity contribution is -0.123. The Morgan fingerprint density at radius 3 is 2.47 bits per heavy atom. The molecule has 0 spiro atoms. The molecule has 3 aromatic rings. The predicted octanol–water partition coefficient (Wildman–Crippen LogP) is 6.41. The number of rotatable bonds is 6. The van der Waals surface area contributed by atoms with Gasteiger partial charge in [0.2, 0.25) is 0 Å². The molecule has 1 aliphatic heterocycles. The Bertz CT molecular complexity index is 1290. The summed E-state index contributed by atoms with van der Waals surface area (Å²) in [6, 6.07) is 19.0. The van der Waals surface area contributed by atoms with Gasteiger partial charge in [0.25, 0.3) is 11.1 Å². The van der Waals surface area contributed by atoms with Gasteiger partial charge in [0.15, 0.2) is 11.5 Å². The van der Waals surface area contributed by atoms with Crippen LogP contribution in [0.15, 0.2) is 71.6 Å². The number of esters is 1. The standard InChI is InChI=1S/C25H17ClINO5S/c1-32-20-12-16(11-19(27)22(20)33-24(30)17-5-3-2-4-6-17)13-21-23(29)28(25(31)34-21)14-15-7-9-18(26)10-8-15/h2-13H,14H2,1H3/b21-13-. The van der Waals surface area contributed by atoms with E-state index in [0.717, 1.165) is 17.3 Å². The summed E-state index contributed by atoms with van der Waals surface area (Å²) < 4.78 is 11.6. The smallest absolute Gasteiger partial charge is 0.343 e. The van der Waals surface area contributed by atoms with Crippen molar-refractivity contribution in [2.45, 2.75) is 6.54 Å². The van der Waals surface area contributed by atoms with Gasteiger partial charge >= 0.3 is 5.97 Å². The van der Waals surface area contributed by atoms with E-state index in [0.29, 0.717) is 30.4 Å². The predicted molar refractivity (Wildman–Crippen MR) is 140 cm³/mol. The van der Waals surface area contributed by atoms with Crippen molar-refractivity contribution in [3.05, 3.63) is 96.9 Å². The first-order valence-electron chi connectivity index (χ1n) is 10.0. The van der Waals surface area contributed by atoms with E-state index in [2.05, 4.69) is 0 Å². The van der Waals surface area contributed by atoms with Crippen molar-refractivity contribution >= 4 is 69.1 Å². The number of methoxy groups -OCH3 is 1. The Morgan fingerprint density at radius 2 is 1.79 bits per heavy atom. The number of carbonyl (C=O) groups excluding carboxylic acids is 3. The lowest BCUT2D eigenvalue weighted by atomic mass is 10.1. The number of hydrogen-bond acceptors (Lipinski definition) is 6. The molecule has 9 heteroatoms. The molecule has 0 aromatic heterocycles. The van der Waals surface area contributed by atoms with Crippen LogP contribution >= 0.6 is 46.0 Å². The second kappa shape index (κ2) is 10.6. The molecule has 6 nitrogen and oxygen atoms in total. The molecular formula is C25H17ClINO5S. The van der Waals surface area contributed by atoms with Crippen molar-refractivity contribution in [1.29, 1.82) is 0 Å². The largest absolute Gasteiger partial charge is 0.493 e. The fourth-order valence-corrected chi connectivity index (χ4v) is 4.91. The van der Waals surface area contributed by atoms with Gasteiger partial charge in [-0.2, -0.15) is 0 Å². The Labute approximate surface area is 219 Å². The highest BCUT2D eigenvalue weighted by Gasteiger charge is 2.35. The number of imide groups is 1. The van der Waals surface area contributed by atoms with Crippen LogP contribution in [0.1, 0.15) is 21.5 Å². The molecule has 1 fully saturated rings. The van der Waals surface area contributed by atoms with Gasteiger partial charge in [-0.25, -0.2) is 4.79 Å². The summed E-state index contributed by atoms with van der Waals surface area (Å²) in [5.41, 5.74) is 1.85. The molecule has 3 aromatic carbocycles. The van der Waals surface area contributed by atoms with Crippen LogP contribution in [-0.4, -0.2) is 29.1 Å². The minimum Gasteiger partial charge on any atom is -0.493 e. The summed E-state index contributed by atoms with van der Waals surface area (Å²) in [5, 5.41) is 0.237. The molecular weight excluding hydrogens is 589 g/mol. The average molecular weight is 606 g/mol. The lowest BCUT2D eigenvalue weighted by Gasteiger charge is -2.13. The maximum atomic E-state index is 12.9. The zero-order valence-corrected chi connectivity index (χ0v) is 21.5. The van der Waals surface area contributed by atoms with Crippen LogP contribution in [0.5, 0.6) is 11.5 Å². The topological polar surface area (TPSA) is 72.9 Å². The summed E-state index contributed by atoms with van der Waals surface area (Å²) in [4.78, 5) is 39.3. The van der Waals surface area contributed by atoms with Gasteiger partial charge in [0.1, 0.15) is 0 Å². The molecule has 172 valence electrons. The van der Waals surface area contributed by atoms with E-state index in [1.54, 1.807) is 66.7 Å². The van der Waals surface area contributed by atoms with Gasteiger partial charge in [-0.05, 0) is 88.0 Å². The molecule has 0 radical (unpaired) electrons. The Kier molecular flexibility index (Phi) is 7.60. The zero-order chi connectivity index (χ0) is 24.2. The third-order valence-electron chi connectivity index (χ3n) is 4.88. The van der Waals surface area contributed by atoms with Crippen molar-refractivity contribution in [2.24, 2.45) is 0 Å². The van der Waals surface area contributed by atoms with Crippen LogP contribution in [0.2, 0.25) is 5.02 Å². The fraction of sp³-hybridized carbons (Fsp3) is 0.0800. The third kappa shape index (κ3) is 5.45. The molecule has 0 N–H and O–H groups in total. The van der Waals surface area contributed by atoms with Crippen molar-refractivity contribution in [1.82, 2.24) is 4.90 Å². The average Bonchev–Trinajstić information content (AvgIpc) is 3.09. The van der Waals surface area contributed by atoms with Gasteiger partial charge in [-0.15, -0.1) is 0 Å². The number of hydrogen-bond donors (Lipinski definition) is 0. The highest BCUT2D eigenvalue weighted by atomic mass is 127. The summed E-state index contributed by atoms with van der Waals surface area (Å²) in [5.74, 6) is -0.265. The van der Waals surface area contributed by atoms with E-state index in [-0.39, 0.29) is 23.4 Å². The SMILES string of the molecule is COc1cc(/C=C2\SC(=O)N(Cc3ccc(Cl)cc3)C2=O)cc(I)c1OC(=O)c1ccccc1. The number of carbonyl (C=O) groups is 3. The second-order valence-corrected chi connectivity index (χ2v) is 9.78. The van der Waals surface area contributed by atoms with Crippen LogP contribution in [0.4, 0.5) is 4.79 Å². The first kappa shape index (κ1) is 24.3. The monoisotopic (exact) mass is 605 g/mol. The van der Waals surface area contributed by atoms with E-state index in [4.69, 9.17) is 21.1 Å². The van der Waals surface area contributed by atoms with E-state index in [1.165, 1.54) is 12.0 Å². The summed E-state index contributed by atoms with van der Waals surface area (Å²) in [6.07, 6.45) is 1.63. The van der Waals surface area contributed by atoms with E-state index >= 15 is 0 Å². The maximum absolute atomic E-state index is 12.9. The first-order chi connectivity index (χ1) is 16.4. The maximum Gasteiger partial charge on any atom is 0.343 e. The summed E-state index contributed by atoms with van der Waals surface area (Å²) in [7, 11) is 1.47. The normalized spacial score (nSPS) is 14.6. The molecule has 1 saturated heterocycles. The van der Waals surface area contributed by atoms with Gasteiger partial charge in [-0.3, -0.25) is 14.5 Å². The third-order valence-corrected chi connectivity index (χ3v) is 6.84. The summed E-state index contributed by atoms with van der Waals surface area (Å²) in [6.45, 7) is 0.161. The van der Waals surface area contributed by atoms with Crippen LogP contribution in [-0.2, 0) is 11.3 Å². The number of amides is 2. The Balaban J connectivity index is 1.56. The van der Waals surface area contributed by atoms with Crippen molar-refractivity contribution in [3.8, 4) is 11.5 Å². The van der Waals surface area contributed by atoms with E-state index < -0.39 is 5.97 Å². The lowest BCUT2D eigenvalue weighted by Crippen LogP contribution is -2.27. The van der Waals surface area contributed by atoms with Crippen molar-refractivity contribution in [3.63, 3.8) is 0 Å². The zero-order valence-electron chi connectivity index (χ0n) is 17.8. The molecule has 1 heterocycles. The Morgan fingerprint density at radius 1 is 1.09 bits per heavy atom. The minimum atomic E-state index is -0.507. The van der Waals surface area contributed by atoms with Crippen molar-refractivity contribution < 1.29 is 23.9 Å².